The monoisotopic (exact) mass is 435 g/mol. The quantitative estimate of drug-likeness (QED) is 0.618. The van der Waals surface area contributed by atoms with E-state index in [9.17, 15) is 9.59 Å². The molecule has 1 aliphatic rings. The van der Waals surface area contributed by atoms with Gasteiger partial charge in [-0.25, -0.2) is 0 Å². The Bertz CT molecular complexity index is 854. The van der Waals surface area contributed by atoms with Crippen molar-refractivity contribution in [3.63, 3.8) is 0 Å². The molecule has 156 valence electrons. The van der Waals surface area contributed by atoms with Gasteiger partial charge in [-0.2, -0.15) is 0 Å². The first-order valence-electron chi connectivity index (χ1n) is 9.58. The molecule has 1 aliphatic heterocycles. The summed E-state index contributed by atoms with van der Waals surface area (Å²) in [6.45, 7) is 6.27. The largest absolute Gasteiger partial charge is 0.350 e. The molecule has 5 nitrogen and oxygen atoms in total. The molecule has 1 heterocycles. The van der Waals surface area contributed by atoms with E-state index in [2.05, 4.69) is 28.1 Å². The highest BCUT2D eigenvalue weighted by Gasteiger charge is 2.22. The third kappa shape index (κ3) is 6.46. The summed E-state index contributed by atoms with van der Waals surface area (Å²) in [4.78, 5) is 25.3. The summed E-state index contributed by atoms with van der Waals surface area (Å²) >= 11 is 5.88. The van der Waals surface area contributed by atoms with Crippen molar-refractivity contribution in [2.75, 3.05) is 0 Å². The number of hydrogen-bond donors (Lipinski definition) is 3. The van der Waals surface area contributed by atoms with Gasteiger partial charge in [0, 0.05) is 30.2 Å². The maximum atomic E-state index is 12.7. The van der Waals surface area contributed by atoms with Crippen molar-refractivity contribution in [1.82, 2.24) is 16.0 Å². The van der Waals surface area contributed by atoms with Gasteiger partial charge in [-0.15, -0.1) is 12.4 Å². The molecule has 0 radical (unpaired) electrons. The number of benzene rings is 2. The number of carbonyl (C=O) groups excluding carboxylic acids is 2. The summed E-state index contributed by atoms with van der Waals surface area (Å²) in [7, 11) is 0. The molecule has 2 aromatic carbocycles. The molecule has 0 aromatic heterocycles. The Kier molecular flexibility index (Phi) is 8.50. The number of hydrogen-bond acceptors (Lipinski definition) is 3. The lowest BCUT2D eigenvalue weighted by molar-refractivity contribution is -0.123. The zero-order valence-corrected chi connectivity index (χ0v) is 18.2. The Labute approximate surface area is 183 Å². The molecular formula is C22H27Cl2N3O2. The van der Waals surface area contributed by atoms with Gasteiger partial charge in [0.1, 0.15) is 6.04 Å². The van der Waals surface area contributed by atoms with Crippen molar-refractivity contribution in [1.29, 1.82) is 0 Å². The molecule has 0 bridgehead atoms. The Balaban J connectivity index is 0.00000300. The summed E-state index contributed by atoms with van der Waals surface area (Å²) in [5, 5.41) is 9.71. The molecule has 0 fully saturated rings. The van der Waals surface area contributed by atoms with Gasteiger partial charge in [-0.3, -0.25) is 9.59 Å². The van der Waals surface area contributed by atoms with E-state index >= 15 is 0 Å². The fourth-order valence-electron chi connectivity index (χ4n) is 3.32. The van der Waals surface area contributed by atoms with Crippen molar-refractivity contribution in [2.45, 2.75) is 45.9 Å². The van der Waals surface area contributed by atoms with Gasteiger partial charge in [0.05, 0.1) is 0 Å². The Hall–Kier alpha value is -2.08. The van der Waals surface area contributed by atoms with E-state index in [1.165, 1.54) is 11.1 Å². The van der Waals surface area contributed by atoms with Crippen LogP contribution in [0.25, 0.3) is 0 Å². The zero-order chi connectivity index (χ0) is 20.1. The lowest BCUT2D eigenvalue weighted by Gasteiger charge is -2.20. The normalized spacial score (nSPS) is 13.4. The second-order valence-corrected chi connectivity index (χ2v) is 8.02. The first-order chi connectivity index (χ1) is 13.4. The Morgan fingerprint density at radius 2 is 1.76 bits per heavy atom. The van der Waals surface area contributed by atoms with Crippen LogP contribution >= 0.6 is 24.0 Å². The first-order valence-corrected chi connectivity index (χ1v) is 9.95. The molecule has 29 heavy (non-hydrogen) atoms. The number of carbonyl (C=O) groups is 2. The van der Waals surface area contributed by atoms with Crippen LogP contribution in [-0.2, 0) is 24.4 Å². The van der Waals surface area contributed by atoms with Crippen molar-refractivity contribution in [2.24, 2.45) is 5.92 Å². The van der Waals surface area contributed by atoms with Gasteiger partial charge in [0.2, 0.25) is 5.91 Å². The van der Waals surface area contributed by atoms with Gasteiger partial charge in [0.25, 0.3) is 5.91 Å². The van der Waals surface area contributed by atoms with Crippen molar-refractivity contribution in [3.05, 3.63) is 69.7 Å². The SMILES string of the molecule is CC(C)CC(NC(=O)c1ccc(Cl)cc1)C(=O)NCc1ccc2c(c1)CNC2.Cl. The average molecular weight is 436 g/mol. The van der Waals surface area contributed by atoms with E-state index in [1.807, 2.05) is 19.9 Å². The highest BCUT2D eigenvalue weighted by atomic mass is 35.5. The maximum absolute atomic E-state index is 12.7. The molecule has 1 atom stereocenters. The molecule has 7 heteroatoms. The summed E-state index contributed by atoms with van der Waals surface area (Å²) in [5.74, 6) is -0.178. The van der Waals surface area contributed by atoms with Crippen LogP contribution in [0.3, 0.4) is 0 Å². The molecule has 0 saturated heterocycles. The lowest BCUT2D eigenvalue weighted by Crippen LogP contribution is -2.47. The fraction of sp³-hybridized carbons (Fsp3) is 0.364. The van der Waals surface area contributed by atoms with Gasteiger partial charge >= 0.3 is 0 Å². The topological polar surface area (TPSA) is 70.2 Å². The minimum atomic E-state index is -0.584. The summed E-state index contributed by atoms with van der Waals surface area (Å²) in [6, 6.07) is 12.3. The van der Waals surface area contributed by atoms with Crippen LogP contribution in [0.2, 0.25) is 5.02 Å². The Morgan fingerprint density at radius 3 is 2.45 bits per heavy atom. The minimum Gasteiger partial charge on any atom is -0.350 e. The van der Waals surface area contributed by atoms with Crippen molar-refractivity contribution >= 4 is 35.8 Å². The van der Waals surface area contributed by atoms with E-state index in [0.29, 0.717) is 23.6 Å². The predicted molar refractivity (Wildman–Crippen MR) is 118 cm³/mol. The fourth-order valence-corrected chi connectivity index (χ4v) is 3.44. The van der Waals surface area contributed by atoms with Crippen molar-refractivity contribution < 1.29 is 9.59 Å². The number of fused-ring (bicyclic) bond motifs is 1. The predicted octanol–water partition coefficient (Wildman–Crippen LogP) is 3.83. The van der Waals surface area contributed by atoms with E-state index in [0.717, 1.165) is 18.7 Å². The van der Waals surface area contributed by atoms with Gasteiger partial charge in [0.15, 0.2) is 0 Å². The summed E-state index contributed by atoms with van der Waals surface area (Å²) < 4.78 is 0. The molecule has 3 N–H and O–H groups in total. The molecule has 3 rings (SSSR count). The number of rotatable bonds is 7. The third-order valence-electron chi connectivity index (χ3n) is 4.80. The van der Waals surface area contributed by atoms with Gasteiger partial charge in [-0.1, -0.05) is 43.6 Å². The highest BCUT2D eigenvalue weighted by molar-refractivity contribution is 6.30. The molecule has 1 unspecified atom stereocenters. The average Bonchev–Trinajstić information content (AvgIpc) is 3.13. The molecule has 2 aromatic rings. The standard InChI is InChI=1S/C22H26ClN3O2.ClH/c1-14(2)9-20(26-21(27)16-5-7-19(23)8-6-16)22(28)25-11-15-3-4-17-12-24-13-18(17)10-15;/h3-8,10,14,20,24H,9,11-13H2,1-2H3,(H,25,28)(H,26,27);1H. The molecule has 0 saturated carbocycles. The number of nitrogens with one attached hydrogen (secondary N) is 3. The summed E-state index contributed by atoms with van der Waals surface area (Å²) in [6.07, 6.45) is 0.569. The Morgan fingerprint density at radius 1 is 1.07 bits per heavy atom. The van der Waals surface area contributed by atoms with Crippen LogP contribution in [0.4, 0.5) is 0 Å². The van der Waals surface area contributed by atoms with Gasteiger partial charge in [-0.05, 0) is 53.3 Å². The van der Waals surface area contributed by atoms with Crippen LogP contribution in [0.1, 0.15) is 47.3 Å². The van der Waals surface area contributed by atoms with E-state index < -0.39 is 6.04 Å². The number of halogens is 2. The first kappa shape index (κ1) is 23.2. The van der Waals surface area contributed by atoms with Crippen LogP contribution in [0.5, 0.6) is 0 Å². The van der Waals surface area contributed by atoms with Crippen LogP contribution in [-0.4, -0.2) is 17.9 Å². The minimum absolute atomic E-state index is 0. The second kappa shape index (κ2) is 10.6. The second-order valence-electron chi connectivity index (χ2n) is 7.59. The summed E-state index contributed by atoms with van der Waals surface area (Å²) in [5.41, 5.74) is 4.13. The number of amides is 2. The van der Waals surface area contributed by atoms with Crippen molar-refractivity contribution in [3.8, 4) is 0 Å². The van der Waals surface area contributed by atoms with E-state index in [4.69, 9.17) is 11.6 Å². The molecule has 2 amide bonds. The van der Waals surface area contributed by atoms with Crippen LogP contribution in [0, 0.1) is 5.92 Å². The van der Waals surface area contributed by atoms with Gasteiger partial charge < -0.3 is 16.0 Å². The third-order valence-corrected chi connectivity index (χ3v) is 5.06. The molecular weight excluding hydrogens is 409 g/mol. The molecule has 0 aliphatic carbocycles. The zero-order valence-electron chi connectivity index (χ0n) is 16.6. The smallest absolute Gasteiger partial charge is 0.251 e. The van der Waals surface area contributed by atoms with E-state index in [-0.39, 0.29) is 30.1 Å². The highest BCUT2D eigenvalue weighted by Crippen LogP contribution is 2.17. The van der Waals surface area contributed by atoms with E-state index in [1.54, 1.807) is 24.3 Å². The van der Waals surface area contributed by atoms with Crippen LogP contribution in [0.15, 0.2) is 42.5 Å². The lowest BCUT2D eigenvalue weighted by atomic mass is 10.0. The van der Waals surface area contributed by atoms with Crippen LogP contribution < -0.4 is 16.0 Å². The maximum Gasteiger partial charge on any atom is 0.251 e. The molecule has 0 spiro atoms.